The van der Waals surface area contributed by atoms with Gasteiger partial charge in [0.1, 0.15) is 12.3 Å². The molecule has 25 heavy (non-hydrogen) atoms. The van der Waals surface area contributed by atoms with Gasteiger partial charge >= 0.3 is 0 Å². The van der Waals surface area contributed by atoms with Crippen LogP contribution in [-0.4, -0.2) is 59.7 Å². The Balaban J connectivity index is 1.51. The van der Waals surface area contributed by atoms with Crippen molar-refractivity contribution in [2.24, 2.45) is 0 Å². The van der Waals surface area contributed by atoms with Crippen LogP contribution >= 0.6 is 0 Å². The molecule has 3 amide bonds. The van der Waals surface area contributed by atoms with Crippen LogP contribution in [0.5, 0.6) is 0 Å². The van der Waals surface area contributed by atoms with Gasteiger partial charge in [-0.2, -0.15) is 0 Å². The quantitative estimate of drug-likeness (QED) is 0.891. The van der Waals surface area contributed by atoms with Crippen molar-refractivity contribution in [3.05, 3.63) is 48.3 Å². The molecule has 0 spiro atoms. The Morgan fingerprint density at radius 2 is 1.80 bits per heavy atom. The predicted octanol–water partition coefficient (Wildman–Crippen LogP) is 0.975. The maximum Gasteiger partial charge on any atom is 0.287 e. The minimum Gasteiger partial charge on any atom is -0.472 e. The number of piperazine rings is 1. The van der Waals surface area contributed by atoms with Gasteiger partial charge < -0.3 is 24.0 Å². The highest BCUT2D eigenvalue weighted by Gasteiger charge is 2.28. The fourth-order valence-electron chi connectivity index (χ4n) is 2.71. The first-order valence-electron chi connectivity index (χ1n) is 8.01. The molecule has 0 bridgehead atoms. The normalized spacial score (nSPS) is 15.7. The topological polar surface area (TPSA) is 96.0 Å². The number of hydrogen-bond acceptors (Lipinski definition) is 5. The van der Waals surface area contributed by atoms with Gasteiger partial charge in [0.2, 0.25) is 5.91 Å². The van der Waals surface area contributed by atoms with Gasteiger partial charge in [0.25, 0.3) is 11.8 Å². The highest BCUT2D eigenvalue weighted by Crippen LogP contribution is 2.10. The van der Waals surface area contributed by atoms with E-state index >= 15 is 0 Å². The van der Waals surface area contributed by atoms with Gasteiger partial charge in [0.05, 0.1) is 18.1 Å². The van der Waals surface area contributed by atoms with Crippen molar-refractivity contribution in [3.63, 3.8) is 0 Å². The van der Waals surface area contributed by atoms with Crippen LogP contribution < -0.4 is 5.32 Å². The largest absolute Gasteiger partial charge is 0.472 e. The molecule has 1 atom stereocenters. The summed E-state index contributed by atoms with van der Waals surface area (Å²) >= 11 is 0. The second-order valence-corrected chi connectivity index (χ2v) is 5.80. The first-order chi connectivity index (χ1) is 12.1. The summed E-state index contributed by atoms with van der Waals surface area (Å²) in [6.07, 6.45) is 4.26. The summed E-state index contributed by atoms with van der Waals surface area (Å²) in [5.41, 5.74) is 0.499. The molecule has 2 aromatic heterocycles. The summed E-state index contributed by atoms with van der Waals surface area (Å²) < 4.78 is 9.93. The Morgan fingerprint density at radius 1 is 1.08 bits per heavy atom. The third kappa shape index (κ3) is 3.73. The van der Waals surface area contributed by atoms with Crippen molar-refractivity contribution in [1.29, 1.82) is 0 Å². The van der Waals surface area contributed by atoms with Crippen LogP contribution in [0, 0.1) is 0 Å². The molecule has 0 saturated carbocycles. The molecule has 1 saturated heterocycles. The summed E-state index contributed by atoms with van der Waals surface area (Å²) in [5.74, 6) is -0.565. The fraction of sp³-hybridized carbons (Fsp3) is 0.353. The number of nitrogens with zero attached hydrogens (tertiary/aromatic N) is 2. The van der Waals surface area contributed by atoms with Crippen LogP contribution in [0.1, 0.15) is 27.8 Å². The molecule has 1 fully saturated rings. The number of amides is 3. The number of nitrogens with one attached hydrogen (secondary N) is 1. The van der Waals surface area contributed by atoms with Gasteiger partial charge in [0, 0.05) is 26.2 Å². The summed E-state index contributed by atoms with van der Waals surface area (Å²) in [5, 5.41) is 2.62. The van der Waals surface area contributed by atoms with E-state index in [9.17, 15) is 14.4 Å². The van der Waals surface area contributed by atoms with E-state index < -0.39 is 11.9 Å². The molecule has 1 N–H and O–H groups in total. The summed E-state index contributed by atoms with van der Waals surface area (Å²) in [6.45, 7) is 3.35. The molecule has 0 aliphatic carbocycles. The van der Waals surface area contributed by atoms with Crippen molar-refractivity contribution in [1.82, 2.24) is 15.1 Å². The van der Waals surface area contributed by atoms with Crippen LogP contribution in [0.3, 0.4) is 0 Å². The Bertz CT molecular complexity index is 730. The average molecular weight is 345 g/mol. The minimum absolute atomic E-state index is 0.111. The third-order valence-corrected chi connectivity index (χ3v) is 4.11. The van der Waals surface area contributed by atoms with E-state index in [0.717, 1.165) is 0 Å². The monoisotopic (exact) mass is 345 g/mol. The van der Waals surface area contributed by atoms with Crippen molar-refractivity contribution < 1.29 is 23.2 Å². The molecule has 1 aliphatic heterocycles. The van der Waals surface area contributed by atoms with Gasteiger partial charge in [-0.25, -0.2) is 0 Å². The highest BCUT2D eigenvalue weighted by molar-refractivity contribution is 5.96. The van der Waals surface area contributed by atoms with E-state index in [1.54, 1.807) is 28.9 Å². The number of carbonyl (C=O) groups is 3. The van der Waals surface area contributed by atoms with Crippen LogP contribution in [0.15, 0.2) is 45.8 Å². The summed E-state index contributed by atoms with van der Waals surface area (Å²) in [6, 6.07) is 4.09. The minimum atomic E-state index is -0.672. The van der Waals surface area contributed by atoms with Crippen LogP contribution in [0.2, 0.25) is 0 Å². The van der Waals surface area contributed by atoms with E-state index in [1.165, 1.54) is 24.9 Å². The lowest BCUT2D eigenvalue weighted by molar-refractivity contribution is -0.134. The molecule has 3 heterocycles. The first-order valence-corrected chi connectivity index (χ1v) is 8.01. The maximum atomic E-state index is 12.5. The van der Waals surface area contributed by atoms with E-state index in [-0.39, 0.29) is 17.6 Å². The second kappa shape index (κ2) is 7.25. The van der Waals surface area contributed by atoms with E-state index in [2.05, 4.69) is 5.32 Å². The Kier molecular flexibility index (Phi) is 4.87. The molecule has 0 aromatic carbocycles. The zero-order valence-electron chi connectivity index (χ0n) is 13.8. The molecular weight excluding hydrogens is 326 g/mol. The molecule has 3 rings (SSSR count). The molecule has 1 aliphatic rings. The number of hydrogen-bond donors (Lipinski definition) is 1. The number of furan rings is 2. The van der Waals surface area contributed by atoms with Crippen molar-refractivity contribution >= 4 is 17.7 Å². The summed E-state index contributed by atoms with van der Waals surface area (Å²) in [4.78, 5) is 40.0. The lowest BCUT2D eigenvalue weighted by Gasteiger charge is -2.35. The van der Waals surface area contributed by atoms with Crippen LogP contribution in [0.4, 0.5) is 0 Å². The fourth-order valence-corrected chi connectivity index (χ4v) is 2.71. The number of rotatable bonds is 4. The molecule has 132 valence electrons. The average Bonchev–Trinajstić information content (AvgIpc) is 3.33. The Labute approximate surface area is 144 Å². The van der Waals surface area contributed by atoms with E-state index in [0.29, 0.717) is 31.7 Å². The Hall–Kier alpha value is -3.03. The van der Waals surface area contributed by atoms with Gasteiger partial charge in [0.15, 0.2) is 5.76 Å². The zero-order chi connectivity index (χ0) is 17.8. The van der Waals surface area contributed by atoms with Crippen LogP contribution in [-0.2, 0) is 4.79 Å². The van der Waals surface area contributed by atoms with E-state index in [1.807, 2.05) is 0 Å². The molecule has 8 nitrogen and oxygen atoms in total. The van der Waals surface area contributed by atoms with Crippen molar-refractivity contribution in [3.8, 4) is 0 Å². The molecule has 0 radical (unpaired) electrons. The molecule has 2 aromatic rings. The smallest absolute Gasteiger partial charge is 0.287 e. The highest BCUT2D eigenvalue weighted by atomic mass is 16.3. The maximum absolute atomic E-state index is 12.5. The van der Waals surface area contributed by atoms with Gasteiger partial charge in [-0.1, -0.05) is 0 Å². The molecular formula is C17H19N3O5. The molecule has 0 unspecified atom stereocenters. The third-order valence-electron chi connectivity index (χ3n) is 4.11. The SMILES string of the molecule is C[C@@H](NC(=O)c1ccco1)C(=O)N1CCN(C(=O)c2ccoc2)CC1. The van der Waals surface area contributed by atoms with Gasteiger partial charge in [-0.15, -0.1) is 0 Å². The second-order valence-electron chi connectivity index (χ2n) is 5.80. The van der Waals surface area contributed by atoms with Gasteiger partial charge in [-0.3, -0.25) is 14.4 Å². The van der Waals surface area contributed by atoms with Crippen molar-refractivity contribution in [2.45, 2.75) is 13.0 Å². The lowest BCUT2D eigenvalue weighted by atomic mass is 10.2. The number of carbonyl (C=O) groups excluding carboxylic acids is 3. The van der Waals surface area contributed by atoms with Crippen LogP contribution in [0.25, 0.3) is 0 Å². The zero-order valence-corrected chi connectivity index (χ0v) is 13.8. The predicted molar refractivity (Wildman–Crippen MR) is 86.8 cm³/mol. The van der Waals surface area contributed by atoms with E-state index in [4.69, 9.17) is 8.83 Å². The molecule has 8 heteroatoms. The van der Waals surface area contributed by atoms with Crippen molar-refractivity contribution in [2.75, 3.05) is 26.2 Å². The lowest BCUT2D eigenvalue weighted by Crippen LogP contribution is -2.55. The standard InChI is InChI=1S/C17H19N3O5/c1-12(18-15(21)14-3-2-9-25-14)16(22)19-5-7-20(8-6-19)17(23)13-4-10-24-11-13/h2-4,9-12H,5-8H2,1H3,(H,18,21)/t12-/m1/s1. The summed E-state index contributed by atoms with van der Waals surface area (Å²) in [7, 11) is 0. The first kappa shape index (κ1) is 16.8. The van der Waals surface area contributed by atoms with Gasteiger partial charge in [-0.05, 0) is 25.1 Å². The Morgan fingerprint density at radius 3 is 2.40 bits per heavy atom.